The van der Waals surface area contributed by atoms with Gasteiger partial charge in [-0.15, -0.1) is 0 Å². The van der Waals surface area contributed by atoms with E-state index in [0.717, 1.165) is 25.7 Å². The van der Waals surface area contributed by atoms with Gasteiger partial charge < -0.3 is 35.2 Å². The van der Waals surface area contributed by atoms with Crippen LogP contribution in [-0.4, -0.2) is 111 Å². The second-order valence-electron chi connectivity index (χ2n) is 15.4. The Balaban J connectivity index is 2.23. The van der Waals surface area contributed by atoms with Crippen LogP contribution in [0.25, 0.3) is 0 Å². The highest BCUT2D eigenvalue weighted by Crippen LogP contribution is 2.30. The van der Waals surface area contributed by atoms with Crippen molar-refractivity contribution in [1.29, 1.82) is 0 Å². The highest BCUT2D eigenvalue weighted by atomic mass is 16.5. The summed E-state index contributed by atoms with van der Waals surface area (Å²) in [5.74, 6) is -1.22. The van der Waals surface area contributed by atoms with Crippen LogP contribution in [0.15, 0.2) is 24.3 Å². The molecule has 1 aliphatic heterocycles. The van der Waals surface area contributed by atoms with Crippen molar-refractivity contribution in [2.45, 2.75) is 137 Å². The SMILES string of the molecule is CCC(C)C(C(CC(=O)N1CCC[C@H]1C(OC)C(C)C(=O)NC(C)Cc1ccccc1C)OC)N(C)C(=O)C(NC(=O)C(NC)C(C)C)C(C)C. The molecule has 11 heteroatoms. The molecule has 290 valence electrons. The van der Waals surface area contributed by atoms with E-state index in [2.05, 4.69) is 48.9 Å². The third-order valence-corrected chi connectivity index (χ3v) is 10.9. The highest BCUT2D eigenvalue weighted by molar-refractivity contribution is 5.90. The van der Waals surface area contributed by atoms with Gasteiger partial charge in [0.15, 0.2) is 0 Å². The number of ether oxygens (including phenoxy) is 2. The molecule has 11 nitrogen and oxygen atoms in total. The van der Waals surface area contributed by atoms with Gasteiger partial charge >= 0.3 is 0 Å². The first kappa shape index (κ1) is 44.1. The van der Waals surface area contributed by atoms with Crippen molar-refractivity contribution in [3.05, 3.63) is 35.4 Å². The topological polar surface area (TPSA) is 129 Å². The van der Waals surface area contributed by atoms with Gasteiger partial charge in [-0.3, -0.25) is 19.2 Å². The van der Waals surface area contributed by atoms with Crippen LogP contribution < -0.4 is 16.0 Å². The van der Waals surface area contributed by atoms with Gasteiger partial charge in [0.1, 0.15) is 6.04 Å². The number of carbonyl (C=O) groups excluding carboxylic acids is 4. The standard InChI is InChI=1S/C40H69N5O6/c1-14-26(6)36(44(11)40(49)35(25(4)5)43-39(48)34(41-10)24(2)3)32(50-12)23-33(46)45-21-17-20-31(45)37(51-13)29(9)38(47)42-28(8)22-30-19-16-15-18-27(30)7/h15-16,18-19,24-26,28-29,31-32,34-37,41H,14,17,20-23H2,1-13H3,(H,42,47)(H,43,48)/t26?,28?,29?,31-,32?,34?,35?,36?,37?/m0/s1. The van der Waals surface area contributed by atoms with Crippen molar-refractivity contribution >= 4 is 23.6 Å². The van der Waals surface area contributed by atoms with Gasteiger partial charge in [0.05, 0.1) is 42.7 Å². The molecule has 0 bridgehead atoms. The Kier molecular flexibility index (Phi) is 18.1. The molecule has 1 fully saturated rings. The molecule has 0 aromatic heterocycles. The van der Waals surface area contributed by atoms with Gasteiger partial charge in [-0.1, -0.05) is 79.2 Å². The van der Waals surface area contributed by atoms with Crippen LogP contribution in [0.1, 0.15) is 92.2 Å². The Morgan fingerprint density at radius 3 is 2.08 bits per heavy atom. The fourth-order valence-electron chi connectivity index (χ4n) is 7.64. The summed E-state index contributed by atoms with van der Waals surface area (Å²) < 4.78 is 12.0. The van der Waals surface area contributed by atoms with Gasteiger partial charge in [-0.25, -0.2) is 0 Å². The van der Waals surface area contributed by atoms with Crippen molar-refractivity contribution in [3.63, 3.8) is 0 Å². The number of hydrogen-bond acceptors (Lipinski definition) is 7. The fraction of sp³-hybridized carbons (Fsp3) is 0.750. The molecule has 1 aromatic rings. The van der Waals surface area contributed by atoms with Crippen LogP contribution in [0, 0.1) is 30.6 Å². The molecular weight excluding hydrogens is 646 g/mol. The van der Waals surface area contributed by atoms with Gasteiger partial charge in [0.25, 0.3) is 0 Å². The summed E-state index contributed by atoms with van der Waals surface area (Å²) in [6.45, 7) is 18.4. The molecule has 0 spiro atoms. The molecule has 1 aliphatic rings. The van der Waals surface area contributed by atoms with Crippen LogP contribution in [0.5, 0.6) is 0 Å². The predicted octanol–water partition coefficient (Wildman–Crippen LogP) is 4.35. The van der Waals surface area contributed by atoms with E-state index in [1.807, 2.05) is 58.6 Å². The van der Waals surface area contributed by atoms with Crippen LogP contribution in [0.2, 0.25) is 0 Å². The summed E-state index contributed by atoms with van der Waals surface area (Å²) >= 11 is 0. The third-order valence-electron chi connectivity index (χ3n) is 10.9. The van der Waals surface area contributed by atoms with Crippen molar-refractivity contribution < 1.29 is 28.7 Å². The van der Waals surface area contributed by atoms with Crippen molar-refractivity contribution in [1.82, 2.24) is 25.8 Å². The smallest absolute Gasteiger partial charge is 0.245 e. The maximum Gasteiger partial charge on any atom is 0.245 e. The van der Waals surface area contributed by atoms with E-state index in [9.17, 15) is 19.2 Å². The third kappa shape index (κ3) is 11.7. The first-order chi connectivity index (χ1) is 24.0. The number of rotatable bonds is 20. The molecule has 0 aliphatic carbocycles. The van der Waals surface area contributed by atoms with E-state index in [-0.39, 0.29) is 59.9 Å². The lowest BCUT2D eigenvalue weighted by Crippen LogP contribution is -2.59. The molecule has 1 heterocycles. The summed E-state index contributed by atoms with van der Waals surface area (Å²) in [5, 5.41) is 9.23. The highest BCUT2D eigenvalue weighted by Gasteiger charge is 2.43. The summed E-state index contributed by atoms with van der Waals surface area (Å²) in [6, 6.07) is 6.26. The molecule has 9 atom stereocenters. The zero-order valence-corrected chi connectivity index (χ0v) is 33.7. The average molecular weight is 716 g/mol. The molecule has 51 heavy (non-hydrogen) atoms. The predicted molar refractivity (Wildman–Crippen MR) is 203 cm³/mol. The Bertz CT molecular complexity index is 1270. The van der Waals surface area contributed by atoms with Crippen molar-refractivity contribution in [2.75, 3.05) is 34.9 Å². The first-order valence-corrected chi connectivity index (χ1v) is 19.0. The molecule has 0 radical (unpaired) electrons. The second kappa shape index (κ2) is 20.9. The second-order valence-corrected chi connectivity index (χ2v) is 15.4. The average Bonchev–Trinajstić information content (AvgIpc) is 3.57. The first-order valence-electron chi connectivity index (χ1n) is 19.0. The maximum atomic E-state index is 14.1. The van der Waals surface area contributed by atoms with E-state index in [1.54, 1.807) is 33.2 Å². The number of methoxy groups -OCH3 is 2. The van der Waals surface area contributed by atoms with Crippen molar-refractivity contribution in [3.8, 4) is 0 Å². The molecule has 0 saturated carbocycles. The lowest BCUT2D eigenvalue weighted by Gasteiger charge is -2.41. The minimum atomic E-state index is -0.741. The molecule has 1 aromatic carbocycles. The molecule has 2 rings (SSSR count). The minimum absolute atomic E-state index is 0.00687. The quantitative estimate of drug-likeness (QED) is 0.183. The maximum absolute atomic E-state index is 14.1. The Labute approximate surface area is 308 Å². The number of likely N-dealkylation sites (N-methyl/N-ethyl adjacent to an activating group) is 2. The Morgan fingerprint density at radius 1 is 0.922 bits per heavy atom. The lowest BCUT2D eigenvalue weighted by molar-refractivity contribution is -0.147. The van der Waals surface area contributed by atoms with E-state index in [0.29, 0.717) is 6.54 Å². The molecule has 3 N–H and O–H groups in total. The molecular formula is C40H69N5O6. The van der Waals surface area contributed by atoms with Gasteiger partial charge in [-0.2, -0.15) is 0 Å². The number of benzene rings is 1. The molecule has 8 unspecified atom stereocenters. The van der Waals surface area contributed by atoms with E-state index < -0.39 is 36.3 Å². The number of nitrogens with zero attached hydrogens (tertiary/aromatic N) is 2. The van der Waals surface area contributed by atoms with Gasteiger partial charge in [0.2, 0.25) is 23.6 Å². The number of likely N-dealkylation sites (tertiary alicyclic amines) is 1. The van der Waals surface area contributed by atoms with E-state index in [4.69, 9.17) is 9.47 Å². The Morgan fingerprint density at radius 2 is 1.55 bits per heavy atom. The normalized spacial score (nSPS) is 19.5. The van der Waals surface area contributed by atoms with Crippen LogP contribution in [-0.2, 0) is 35.1 Å². The minimum Gasteiger partial charge on any atom is -0.379 e. The lowest BCUT2D eigenvalue weighted by atomic mass is 9.89. The molecule has 4 amide bonds. The van der Waals surface area contributed by atoms with Gasteiger partial charge in [0, 0.05) is 33.9 Å². The zero-order chi connectivity index (χ0) is 38.6. The Hall–Kier alpha value is -3.02. The summed E-state index contributed by atoms with van der Waals surface area (Å²) in [4.78, 5) is 58.5. The van der Waals surface area contributed by atoms with Crippen LogP contribution in [0.3, 0.4) is 0 Å². The fourth-order valence-corrected chi connectivity index (χ4v) is 7.64. The number of carbonyl (C=O) groups is 4. The van der Waals surface area contributed by atoms with Crippen LogP contribution in [0.4, 0.5) is 0 Å². The van der Waals surface area contributed by atoms with Gasteiger partial charge in [-0.05, 0) is 69.0 Å². The zero-order valence-electron chi connectivity index (χ0n) is 33.7. The van der Waals surface area contributed by atoms with Crippen molar-refractivity contribution in [2.24, 2.45) is 23.7 Å². The number of aryl methyl sites for hydroxylation is 1. The van der Waals surface area contributed by atoms with Crippen LogP contribution >= 0.6 is 0 Å². The monoisotopic (exact) mass is 716 g/mol. The summed E-state index contributed by atoms with van der Waals surface area (Å²) in [6.07, 6.45) is 2.01. The number of nitrogens with one attached hydrogen (secondary N) is 3. The number of amides is 4. The number of hydrogen-bond donors (Lipinski definition) is 3. The summed E-state index contributed by atoms with van der Waals surface area (Å²) in [7, 11) is 6.67. The largest absolute Gasteiger partial charge is 0.379 e. The summed E-state index contributed by atoms with van der Waals surface area (Å²) in [5.41, 5.74) is 2.39. The van der Waals surface area contributed by atoms with E-state index in [1.165, 1.54) is 11.1 Å². The molecule has 1 saturated heterocycles. The van der Waals surface area contributed by atoms with E-state index >= 15 is 0 Å².